The number of hydrogen-bond acceptors (Lipinski definition) is 2. The second kappa shape index (κ2) is 7.74. The van der Waals surface area contributed by atoms with Crippen molar-refractivity contribution in [3.63, 3.8) is 0 Å². The van der Waals surface area contributed by atoms with Crippen LogP contribution in [0.1, 0.15) is 25.7 Å². The van der Waals surface area contributed by atoms with Crippen LogP contribution in [-0.2, 0) is 9.47 Å². The zero-order chi connectivity index (χ0) is 14.3. The molecule has 0 aromatic carbocycles. The van der Waals surface area contributed by atoms with Crippen LogP contribution in [0.15, 0.2) is 0 Å². The second-order valence-electron chi connectivity index (χ2n) is 7.22. The highest BCUT2D eigenvalue weighted by molar-refractivity contribution is 4.52. The largest absolute Gasteiger partial charge is 0.373 e. The van der Waals surface area contributed by atoms with Gasteiger partial charge >= 0.3 is 0 Å². The normalized spacial score (nSPS) is 24.3. The van der Waals surface area contributed by atoms with Gasteiger partial charge in [0.05, 0.1) is 66.7 Å². The van der Waals surface area contributed by atoms with Gasteiger partial charge < -0.3 is 18.4 Å². The highest BCUT2D eigenvalue weighted by atomic mass is 16.5. The van der Waals surface area contributed by atoms with Crippen LogP contribution >= 0.6 is 0 Å². The van der Waals surface area contributed by atoms with E-state index in [-0.39, 0.29) is 0 Å². The van der Waals surface area contributed by atoms with Crippen LogP contribution < -0.4 is 0 Å². The Morgan fingerprint density at radius 1 is 0.600 bits per heavy atom. The van der Waals surface area contributed by atoms with Gasteiger partial charge in [0.1, 0.15) is 13.1 Å². The molecular weight excluding hydrogens is 252 g/mol. The molecular formula is C16H34N2O2+2. The molecule has 0 bridgehead atoms. The monoisotopic (exact) mass is 286 g/mol. The number of ether oxygens (including phenoxy) is 2. The van der Waals surface area contributed by atoms with Crippen molar-refractivity contribution in [2.75, 3.05) is 79.8 Å². The summed E-state index contributed by atoms with van der Waals surface area (Å²) in [6, 6.07) is 0. The van der Waals surface area contributed by atoms with Gasteiger partial charge in [-0.05, 0) is 0 Å². The molecule has 0 radical (unpaired) electrons. The van der Waals surface area contributed by atoms with Crippen LogP contribution in [0.2, 0.25) is 0 Å². The van der Waals surface area contributed by atoms with E-state index in [2.05, 4.69) is 14.1 Å². The number of hydrogen-bond donors (Lipinski definition) is 0. The standard InChI is InChI=1S/C16H34N2O2/c1-17(7-3-4-8-17)11-13-19-15-16-20-14-12-18(2)9-5-6-10-18/h3-16H2,1-2H3/q+2. The van der Waals surface area contributed by atoms with E-state index in [0.29, 0.717) is 0 Å². The maximum absolute atomic E-state index is 5.71. The predicted octanol–water partition coefficient (Wildman–Crippen LogP) is 1.50. The third kappa shape index (κ3) is 5.32. The van der Waals surface area contributed by atoms with Gasteiger partial charge in [-0.3, -0.25) is 0 Å². The fraction of sp³-hybridized carbons (Fsp3) is 1.00. The summed E-state index contributed by atoms with van der Waals surface area (Å²) in [6.45, 7) is 10.9. The minimum Gasteiger partial charge on any atom is -0.373 e. The van der Waals surface area contributed by atoms with Gasteiger partial charge in [-0.15, -0.1) is 0 Å². The van der Waals surface area contributed by atoms with Gasteiger partial charge in [0.2, 0.25) is 0 Å². The van der Waals surface area contributed by atoms with Gasteiger partial charge in [-0.2, -0.15) is 0 Å². The molecule has 0 atom stereocenters. The van der Waals surface area contributed by atoms with Crippen molar-refractivity contribution >= 4 is 0 Å². The lowest BCUT2D eigenvalue weighted by Crippen LogP contribution is -2.43. The van der Waals surface area contributed by atoms with Crippen molar-refractivity contribution in [1.82, 2.24) is 0 Å². The first kappa shape index (κ1) is 16.2. The minimum atomic E-state index is 0.754. The molecule has 0 spiro atoms. The number of nitrogens with zero attached hydrogens (tertiary/aromatic N) is 2. The summed E-state index contributed by atoms with van der Waals surface area (Å²) in [4.78, 5) is 0. The van der Waals surface area contributed by atoms with Crippen LogP contribution in [0, 0.1) is 0 Å². The van der Waals surface area contributed by atoms with Gasteiger partial charge in [0, 0.05) is 25.7 Å². The first-order chi connectivity index (χ1) is 9.62. The second-order valence-corrected chi connectivity index (χ2v) is 7.22. The van der Waals surface area contributed by atoms with Crippen LogP contribution in [-0.4, -0.2) is 88.8 Å². The summed E-state index contributed by atoms with van der Waals surface area (Å²) < 4.78 is 13.8. The molecule has 2 fully saturated rings. The Morgan fingerprint density at radius 2 is 0.950 bits per heavy atom. The third-order valence-electron chi connectivity index (χ3n) is 5.21. The third-order valence-corrected chi connectivity index (χ3v) is 5.21. The summed E-state index contributed by atoms with van der Waals surface area (Å²) in [5.74, 6) is 0. The number of likely N-dealkylation sites (N-methyl/N-ethyl adjacent to an activating group) is 2. The molecule has 0 unspecified atom stereocenters. The van der Waals surface area contributed by atoms with Crippen LogP contribution in [0.3, 0.4) is 0 Å². The van der Waals surface area contributed by atoms with E-state index in [1.807, 2.05) is 0 Å². The molecule has 20 heavy (non-hydrogen) atoms. The molecule has 0 aromatic heterocycles. The summed E-state index contributed by atoms with van der Waals surface area (Å²) in [7, 11) is 4.71. The lowest BCUT2D eigenvalue weighted by molar-refractivity contribution is -0.898. The smallest absolute Gasteiger partial charge is 0.102 e. The van der Waals surface area contributed by atoms with E-state index in [9.17, 15) is 0 Å². The van der Waals surface area contributed by atoms with Crippen molar-refractivity contribution in [3.05, 3.63) is 0 Å². The summed E-state index contributed by atoms with van der Waals surface area (Å²) in [5, 5.41) is 0. The SMILES string of the molecule is C[N+]1(CCOCCOCC[N+]2(C)CCCC2)CCCC1. The first-order valence-corrected chi connectivity index (χ1v) is 8.45. The van der Waals surface area contributed by atoms with Crippen molar-refractivity contribution in [2.45, 2.75) is 25.7 Å². The van der Waals surface area contributed by atoms with Gasteiger partial charge in [0.15, 0.2) is 0 Å². The molecule has 0 amide bonds. The Bertz CT molecular complexity index is 244. The number of rotatable bonds is 9. The van der Waals surface area contributed by atoms with E-state index in [1.165, 1.54) is 60.8 Å². The molecule has 0 aliphatic carbocycles. The molecule has 118 valence electrons. The van der Waals surface area contributed by atoms with Gasteiger partial charge in [0.25, 0.3) is 0 Å². The van der Waals surface area contributed by atoms with Crippen LogP contribution in [0.5, 0.6) is 0 Å². The molecule has 2 saturated heterocycles. The van der Waals surface area contributed by atoms with E-state index < -0.39 is 0 Å². The van der Waals surface area contributed by atoms with E-state index in [1.54, 1.807) is 0 Å². The lowest BCUT2D eigenvalue weighted by Gasteiger charge is -2.29. The highest BCUT2D eigenvalue weighted by Crippen LogP contribution is 2.16. The maximum Gasteiger partial charge on any atom is 0.102 e. The van der Waals surface area contributed by atoms with E-state index in [0.717, 1.165) is 39.5 Å². The fourth-order valence-electron chi connectivity index (χ4n) is 3.54. The molecule has 2 aliphatic rings. The predicted molar refractivity (Wildman–Crippen MR) is 81.7 cm³/mol. The Hall–Kier alpha value is -0.160. The van der Waals surface area contributed by atoms with E-state index >= 15 is 0 Å². The fourth-order valence-corrected chi connectivity index (χ4v) is 3.54. The molecule has 0 aromatic rings. The minimum absolute atomic E-state index is 0.754. The average molecular weight is 286 g/mol. The lowest BCUT2D eigenvalue weighted by atomic mass is 10.4. The average Bonchev–Trinajstić information content (AvgIpc) is 3.03. The quantitative estimate of drug-likeness (QED) is 0.472. The Morgan fingerprint density at radius 3 is 1.30 bits per heavy atom. The number of quaternary nitrogens is 2. The molecule has 0 saturated carbocycles. The van der Waals surface area contributed by atoms with E-state index in [4.69, 9.17) is 9.47 Å². The van der Waals surface area contributed by atoms with Gasteiger partial charge in [-0.1, -0.05) is 0 Å². The summed E-state index contributed by atoms with van der Waals surface area (Å²) >= 11 is 0. The number of likely N-dealkylation sites (tertiary alicyclic amines) is 2. The zero-order valence-corrected chi connectivity index (χ0v) is 13.6. The van der Waals surface area contributed by atoms with Crippen molar-refractivity contribution in [1.29, 1.82) is 0 Å². The van der Waals surface area contributed by atoms with Crippen LogP contribution in [0.4, 0.5) is 0 Å². The first-order valence-electron chi connectivity index (χ1n) is 8.45. The van der Waals surface area contributed by atoms with Gasteiger partial charge in [-0.25, -0.2) is 0 Å². The summed E-state index contributed by atoms with van der Waals surface area (Å²) in [5.41, 5.74) is 0. The Kier molecular flexibility index (Phi) is 6.27. The molecule has 2 aliphatic heterocycles. The molecule has 4 nitrogen and oxygen atoms in total. The van der Waals surface area contributed by atoms with Crippen molar-refractivity contribution in [3.8, 4) is 0 Å². The Labute approximate surface area is 124 Å². The molecule has 2 rings (SSSR count). The topological polar surface area (TPSA) is 18.5 Å². The highest BCUT2D eigenvalue weighted by Gasteiger charge is 2.26. The maximum atomic E-state index is 5.71. The van der Waals surface area contributed by atoms with Crippen molar-refractivity contribution < 1.29 is 18.4 Å². The molecule has 0 N–H and O–H groups in total. The molecule has 4 heteroatoms. The summed E-state index contributed by atoms with van der Waals surface area (Å²) in [6.07, 6.45) is 5.54. The Balaban J connectivity index is 1.40. The molecule has 2 heterocycles. The van der Waals surface area contributed by atoms with Crippen LogP contribution in [0.25, 0.3) is 0 Å². The zero-order valence-electron chi connectivity index (χ0n) is 13.6. The van der Waals surface area contributed by atoms with Crippen molar-refractivity contribution in [2.24, 2.45) is 0 Å².